The molecule has 1 aromatic heterocycles. The van der Waals surface area contributed by atoms with Crippen LogP contribution in [0.2, 0.25) is 5.02 Å². The topological polar surface area (TPSA) is 98.5 Å². The lowest BCUT2D eigenvalue weighted by Gasteiger charge is -2.13. The number of carbonyl (C=O) groups is 2. The molecular weight excluding hydrogens is 411 g/mol. The van der Waals surface area contributed by atoms with Crippen LogP contribution >= 0.6 is 22.9 Å². The van der Waals surface area contributed by atoms with Crippen LogP contribution in [0.15, 0.2) is 42.5 Å². The lowest BCUT2D eigenvalue weighted by molar-refractivity contribution is -0.387. The Kier molecular flexibility index (Phi) is 5.57. The van der Waals surface area contributed by atoms with Crippen LogP contribution in [0.1, 0.15) is 16.6 Å². The Labute approximate surface area is 166 Å². The zero-order valence-corrected chi connectivity index (χ0v) is 15.8. The number of hydrogen-bond acceptors (Lipinski definition) is 6. The van der Waals surface area contributed by atoms with Crippen molar-refractivity contribution in [2.24, 2.45) is 0 Å². The smallest absolute Gasteiger partial charge is 0.350 e. The molecule has 0 radical (unpaired) electrons. The van der Waals surface area contributed by atoms with Crippen molar-refractivity contribution < 1.29 is 23.6 Å². The fourth-order valence-electron chi connectivity index (χ4n) is 2.39. The molecule has 3 aromatic rings. The second-order valence-corrected chi connectivity index (χ2v) is 7.13. The normalized spacial score (nSPS) is 11.8. The van der Waals surface area contributed by atoms with Crippen LogP contribution in [0.3, 0.4) is 0 Å². The summed E-state index contributed by atoms with van der Waals surface area (Å²) in [6, 6.07) is 10.1. The van der Waals surface area contributed by atoms with Crippen LogP contribution in [-0.2, 0) is 9.53 Å². The minimum Gasteiger partial charge on any atom is -0.448 e. The van der Waals surface area contributed by atoms with E-state index < -0.39 is 34.4 Å². The molecule has 7 nitrogen and oxygen atoms in total. The molecule has 10 heteroatoms. The maximum absolute atomic E-state index is 13.4. The van der Waals surface area contributed by atoms with Gasteiger partial charge in [0.15, 0.2) is 6.10 Å². The number of nitrogens with zero attached hydrogens (tertiary/aromatic N) is 1. The van der Waals surface area contributed by atoms with Crippen molar-refractivity contribution in [3.63, 3.8) is 0 Å². The summed E-state index contributed by atoms with van der Waals surface area (Å²) < 4.78 is 19.3. The Morgan fingerprint density at radius 3 is 2.68 bits per heavy atom. The van der Waals surface area contributed by atoms with Crippen molar-refractivity contribution in [3.05, 3.63) is 68.3 Å². The molecule has 3 rings (SSSR count). The molecule has 0 aliphatic heterocycles. The highest BCUT2D eigenvalue weighted by atomic mass is 35.5. The first kappa shape index (κ1) is 19.7. The molecule has 1 heterocycles. The maximum atomic E-state index is 13.4. The van der Waals surface area contributed by atoms with Crippen LogP contribution in [0.25, 0.3) is 10.1 Å². The second kappa shape index (κ2) is 7.91. The van der Waals surface area contributed by atoms with Gasteiger partial charge in [0.25, 0.3) is 5.91 Å². The van der Waals surface area contributed by atoms with E-state index in [-0.39, 0.29) is 15.6 Å². The number of ether oxygens (including phenoxy) is 1. The van der Waals surface area contributed by atoms with E-state index in [1.165, 1.54) is 6.92 Å². The summed E-state index contributed by atoms with van der Waals surface area (Å²) in [6.45, 7) is 1.34. The van der Waals surface area contributed by atoms with Crippen LogP contribution in [-0.4, -0.2) is 22.9 Å². The quantitative estimate of drug-likeness (QED) is 0.362. The first-order chi connectivity index (χ1) is 13.3. The summed E-state index contributed by atoms with van der Waals surface area (Å²) >= 11 is 7.36. The van der Waals surface area contributed by atoms with Crippen molar-refractivity contribution in [2.45, 2.75) is 13.0 Å². The van der Waals surface area contributed by atoms with Crippen molar-refractivity contribution >= 4 is 56.3 Å². The van der Waals surface area contributed by atoms with Crippen LogP contribution < -0.4 is 5.32 Å². The lowest BCUT2D eigenvalue weighted by atomic mass is 10.2. The molecule has 1 atom stereocenters. The fraction of sp³-hybridized carbons (Fsp3) is 0.111. The molecule has 2 aromatic carbocycles. The lowest BCUT2D eigenvalue weighted by Crippen LogP contribution is -2.29. The molecular formula is C18H12ClFN2O5S. The number of nitro benzene ring substituents is 1. The maximum Gasteiger partial charge on any atom is 0.350 e. The number of carbonyl (C=O) groups excluding carboxylic acids is 2. The van der Waals surface area contributed by atoms with E-state index in [0.717, 1.165) is 34.2 Å². The number of halogens is 2. The molecule has 1 N–H and O–H groups in total. The highest BCUT2D eigenvalue weighted by Crippen LogP contribution is 2.35. The molecule has 0 aliphatic rings. The number of anilines is 1. The van der Waals surface area contributed by atoms with Crippen molar-refractivity contribution in [2.75, 3.05) is 5.32 Å². The van der Waals surface area contributed by atoms with Crippen LogP contribution in [0.4, 0.5) is 15.8 Å². The fourth-order valence-corrected chi connectivity index (χ4v) is 3.78. The molecule has 0 aliphatic carbocycles. The third kappa shape index (κ3) is 3.95. The third-order valence-corrected chi connectivity index (χ3v) is 5.44. The average molecular weight is 423 g/mol. The summed E-state index contributed by atoms with van der Waals surface area (Å²) in [5.74, 6) is -2.52. The summed E-state index contributed by atoms with van der Waals surface area (Å²) in [4.78, 5) is 34.6. The van der Waals surface area contributed by atoms with Gasteiger partial charge in [-0.15, -0.1) is 11.3 Å². The van der Waals surface area contributed by atoms with E-state index in [0.29, 0.717) is 5.39 Å². The van der Waals surface area contributed by atoms with E-state index in [1.807, 2.05) is 6.07 Å². The highest BCUT2D eigenvalue weighted by molar-refractivity contribution is 7.21. The predicted molar refractivity (Wildman–Crippen MR) is 103 cm³/mol. The molecule has 0 saturated carbocycles. The van der Waals surface area contributed by atoms with Gasteiger partial charge in [-0.05, 0) is 25.1 Å². The van der Waals surface area contributed by atoms with Crippen molar-refractivity contribution in [1.82, 2.24) is 0 Å². The van der Waals surface area contributed by atoms with E-state index in [4.69, 9.17) is 16.3 Å². The number of nitrogens with one attached hydrogen (secondary N) is 1. The van der Waals surface area contributed by atoms with Gasteiger partial charge in [0.1, 0.15) is 4.88 Å². The second-order valence-electron chi connectivity index (χ2n) is 5.70. The summed E-state index contributed by atoms with van der Waals surface area (Å²) in [5, 5.41) is 14.1. The van der Waals surface area contributed by atoms with Crippen LogP contribution in [0.5, 0.6) is 0 Å². The van der Waals surface area contributed by atoms with Gasteiger partial charge in [-0.3, -0.25) is 14.9 Å². The number of hydrogen-bond donors (Lipinski definition) is 1. The molecule has 0 fully saturated rings. The minimum atomic E-state index is -1.21. The van der Waals surface area contributed by atoms with E-state index in [9.17, 15) is 24.1 Å². The van der Waals surface area contributed by atoms with E-state index in [1.54, 1.807) is 18.2 Å². The van der Waals surface area contributed by atoms with Crippen LogP contribution in [0, 0.1) is 15.9 Å². The van der Waals surface area contributed by atoms with Gasteiger partial charge in [0.05, 0.1) is 9.95 Å². The largest absolute Gasteiger partial charge is 0.448 e. The molecule has 28 heavy (non-hydrogen) atoms. The SMILES string of the molecule is CC(OC(=O)c1sc2ccccc2c1Cl)C(=O)Nc1ccc(F)c([N+](=O)[O-])c1. The van der Waals surface area contributed by atoms with Gasteiger partial charge >= 0.3 is 11.7 Å². The Bertz CT molecular complexity index is 1100. The zero-order valence-electron chi connectivity index (χ0n) is 14.3. The van der Waals surface area contributed by atoms with E-state index in [2.05, 4.69) is 5.32 Å². The first-order valence-electron chi connectivity index (χ1n) is 7.90. The molecule has 1 unspecified atom stereocenters. The summed E-state index contributed by atoms with van der Waals surface area (Å²) in [6.07, 6.45) is -1.21. The Balaban J connectivity index is 1.71. The summed E-state index contributed by atoms with van der Waals surface area (Å²) in [7, 11) is 0. The van der Waals surface area contributed by atoms with Gasteiger partial charge in [0.2, 0.25) is 5.82 Å². The minimum absolute atomic E-state index is 0.000827. The highest BCUT2D eigenvalue weighted by Gasteiger charge is 2.24. The Morgan fingerprint density at radius 1 is 1.29 bits per heavy atom. The molecule has 0 saturated heterocycles. The Morgan fingerprint density at radius 2 is 2.00 bits per heavy atom. The number of benzene rings is 2. The van der Waals surface area contributed by atoms with Gasteiger partial charge in [-0.25, -0.2) is 4.79 Å². The van der Waals surface area contributed by atoms with Gasteiger partial charge < -0.3 is 10.1 Å². The molecule has 0 spiro atoms. The monoisotopic (exact) mass is 422 g/mol. The number of rotatable bonds is 5. The van der Waals surface area contributed by atoms with E-state index >= 15 is 0 Å². The molecule has 0 bridgehead atoms. The van der Waals surface area contributed by atoms with Gasteiger partial charge in [-0.1, -0.05) is 29.8 Å². The number of nitro groups is 1. The first-order valence-corrected chi connectivity index (χ1v) is 9.10. The zero-order chi connectivity index (χ0) is 20.4. The number of fused-ring (bicyclic) bond motifs is 1. The third-order valence-electron chi connectivity index (χ3n) is 3.78. The molecule has 144 valence electrons. The number of amides is 1. The molecule has 1 amide bonds. The standard InChI is InChI=1S/C18H12ClFN2O5S/c1-9(17(23)21-10-6-7-12(20)13(8-10)22(25)26)27-18(24)16-15(19)11-4-2-3-5-14(11)28-16/h2-9H,1H3,(H,21,23). The van der Waals surface area contributed by atoms with Gasteiger partial charge in [0, 0.05) is 21.8 Å². The van der Waals surface area contributed by atoms with Crippen molar-refractivity contribution in [3.8, 4) is 0 Å². The number of esters is 1. The number of thiophene rings is 1. The average Bonchev–Trinajstić information content (AvgIpc) is 3.00. The summed E-state index contributed by atoms with van der Waals surface area (Å²) in [5.41, 5.74) is -0.777. The Hall–Kier alpha value is -3.04. The van der Waals surface area contributed by atoms with Crippen molar-refractivity contribution in [1.29, 1.82) is 0 Å². The van der Waals surface area contributed by atoms with Gasteiger partial charge in [-0.2, -0.15) is 4.39 Å². The predicted octanol–water partition coefficient (Wildman–Crippen LogP) is 4.79.